The zero-order valence-corrected chi connectivity index (χ0v) is 15.4. The van der Waals surface area contributed by atoms with E-state index in [0.29, 0.717) is 0 Å². The largest absolute Gasteiger partial charge is 0.0697 e. The summed E-state index contributed by atoms with van der Waals surface area (Å²) in [7, 11) is 0. The van der Waals surface area contributed by atoms with Gasteiger partial charge in [0, 0.05) is 5.41 Å². The Balaban J connectivity index is 2.05. The Morgan fingerprint density at radius 1 is 0.750 bits per heavy atom. The molecule has 0 N–H and O–H groups in total. The predicted octanol–water partition coefficient (Wildman–Crippen LogP) is 6.30. The average molecular weight is 314 g/mol. The van der Waals surface area contributed by atoms with Crippen molar-refractivity contribution < 1.29 is 0 Å². The van der Waals surface area contributed by atoms with Gasteiger partial charge in [0.05, 0.1) is 5.41 Å². The fourth-order valence-electron chi connectivity index (χ4n) is 5.28. The van der Waals surface area contributed by atoms with Gasteiger partial charge in [-0.25, -0.2) is 0 Å². The lowest BCUT2D eigenvalue weighted by Gasteiger charge is -2.28. The standard InChI is InChI=1S/C24H26/c1-17-16-23(5)21(20(17)22(2,3)4)24(23,18-12-8-6-9-13-18)19-14-10-7-11-15-19/h6-16H,1-5H3. The van der Waals surface area contributed by atoms with Gasteiger partial charge in [0.15, 0.2) is 0 Å². The Morgan fingerprint density at radius 2 is 1.21 bits per heavy atom. The van der Waals surface area contributed by atoms with E-state index in [-0.39, 0.29) is 16.2 Å². The van der Waals surface area contributed by atoms with Crippen molar-refractivity contribution in [3.05, 3.63) is 94.6 Å². The molecule has 2 aromatic rings. The fraction of sp³-hybridized carbons (Fsp3) is 0.333. The molecule has 2 aromatic carbocycles. The van der Waals surface area contributed by atoms with Gasteiger partial charge in [0.2, 0.25) is 0 Å². The van der Waals surface area contributed by atoms with Crippen LogP contribution in [0.5, 0.6) is 0 Å². The Morgan fingerprint density at radius 3 is 1.62 bits per heavy atom. The summed E-state index contributed by atoms with van der Waals surface area (Å²) in [4.78, 5) is 0. The number of hydrogen-bond acceptors (Lipinski definition) is 0. The van der Waals surface area contributed by atoms with E-state index in [1.54, 1.807) is 11.1 Å². The van der Waals surface area contributed by atoms with E-state index in [9.17, 15) is 0 Å². The van der Waals surface area contributed by atoms with E-state index in [2.05, 4.69) is 101 Å². The molecular weight excluding hydrogens is 288 g/mol. The van der Waals surface area contributed by atoms with Gasteiger partial charge in [0.1, 0.15) is 0 Å². The Labute approximate surface area is 145 Å². The third kappa shape index (κ3) is 1.75. The van der Waals surface area contributed by atoms with Gasteiger partial charge in [-0.05, 0) is 34.6 Å². The molecule has 1 fully saturated rings. The maximum absolute atomic E-state index is 2.52. The highest BCUT2D eigenvalue weighted by molar-refractivity contribution is 5.77. The fourth-order valence-corrected chi connectivity index (χ4v) is 5.28. The van der Waals surface area contributed by atoms with E-state index >= 15 is 0 Å². The van der Waals surface area contributed by atoms with Crippen LogP contribution >= 0.6 is 0 Å². The van der Waals surface area contributed by atoms with Crippen LogP contribution in [0, 0.1) is 10.8 Å². The number of rotatable bonds is 2. The van der Waals surface area contributed by atoms with E-state index in [4.69, 9.17) is 0 Å². The lowest BCUT2D eigenvalue weighted by atomic mass is 9.75. The molecule has 0 radical (unpaired) electrons. The molecule has 0 heterocycles. The molecular formula is C24H26. The third-order valence-electron chi connectivity index (χ3n) is 5.92. The van der Waals surface area contributed by atoms with Gasteiger partial charge in [0.25, 0.3) is 0 Å². The molecule has 0 heteroatoms. The second-order valence-electron chi connectivity index (χ2n) is 8.51. The molecule has 2 aliphatic carbocycles. The molecule has 0 saturated heterocycles. The number of allylic oxidation sites excluding steroid dienone is 4. The topological polar surface area (TPSA) is 0 Å². The van der Waals surface area contributed by atoms with E-state index in [1.807, 2.05) is 0 Å². The van der Waals surface area contributed by atoms with Crippen LogP contribution in [0.3, 0.4) is 0 Å². The van der Waals surface area contributed by atoms with Crippen LogP contribution in [0.15, 0.2) is 83.5 Å². The first-order valence-electron chi connectivity index (χ1n) is 8.90. The predicted molar refractivity (Wildman–Crippen MR) is 102 cm³/mol. The summed E-state index contributed by atoms with van der Waals surface area (Å²) in [5, 5.41) is 0. The van der Waals surface area contributed by atoms with Gasteiger partial charge in [-0.3, -0.25) is 0 Å². The second kappa shape index (κ2) is 4.72. The van der Waals surface area contributed by atoms with E-state index in [1.165, 1.54) is 16.7 Å². The lowest BCUT2D eigenvalue weighted by molar-refractivity contribution is 0.507. The summed E-state index contributed by atoms with van der Waals surface area (Å²) in [5.74, 6) is 0. The van der Waals surface area contributed by atoms with Crippen molar-refractivity contribution in [1.82, 2.24) is 0 Å². The zero-order chi connectivity index (χ0) is 17.2. The summed E-state index contributed by atoms with van der Waals surface area (Å²) in [5.41, 5.74) is 7.72. The van der Waals surface area contributed by atoms with Crippen molar-refractivity contribution in [1.29, 1.82) is 0 Å². The minimum absolute atomic E-state index is 0.00234. The quantitative estimate of drug-likeness (QED) is 0.610. The first kappa shape index (κ1) is 15.4. The highest BCUT2D eigenvalue weighted by atomic mass is 14.7. The van der Waals surface area contributed by atoms with Crippen LogP contribution in [0.1, 0.15) is 45.7 Å². The molecule has 122 valence electrons. The smallest absolute Gasteiger partial charge is 0.0552 e. The second-order valence-corrected chi connectivity index (χ2v) is 8.51. The highest BCUT2D eigenvalue weighted by Gasteiger charge is 2.73. The molecule has 4 rings (SSSR count). The van der Waals surface area contributed by atoms with Crippen molar-refractivity contribution in [3.63, 3.8) is 0 Å². The molecule has 0 aliphatic heterocycles. The molecule has 2 aliphatic rings. The van der Waals surface area contributed by atoms with Crippen LogP contribution in [-0.4, -0.2) is 0 Å². The summed E-state index contributed by atoms with van der Waals surface area (Å²) in [6, 6.07) is 22.1. The summed E-state index contributed by atoms with van der Waals surface area (Å²) in [6.07, 6.45) is 2.52. The maximum Gasteiger partial charge on any atom is 0.0552 e. The first-order chi connectivity index (χ1) is 11.3. The van der Waals surface area contributed by atoms with Gasteiger partial charge in [-0.15, -0.1) is 0 Å². The summed E-state index contributed by atoms with van der Waals surface area (Å²) in [6.45, 7) is 11.7. The maximum atomic E-state index is 2.52. The molecule has 0 bridgehead atoms. The van der Waals surface area contributed by atoms with Gasteiger partial charge < -0.3 is 0 Å². The highest BCUT2D eigenvalue weighted by Crippen LogP contribution is 2.78. The van der Waals surface area contributed by atoms with Crippen molar-refractivity contribution in [3.8, 4) is 0 Å². The number of benzene rings is 2. The molecule has 0 amide bonds. The van der Waals surface area contributed by atoms with Crippen LogP contribution in [-0.2, 0) is 5.41 Å². The Bertz CT molecular complexity index is 804. The molecule has 1 unspecified atom stereocenters. The zero-order valence-electron chi connectivity index (χ0n) is 15.4. The number of fused-ring (bicyclic) bond motifs is 1. The lowest BCUT2D eigenvalue weighted by Crippen LogP contribution is -2.20. The monoisotopic (exact) mass is 314 g/mol. The van der Waals surface area contributed by atoms with Crippen molar-refractivity contribution in [2.45, 2.75) is 40.0 Å². The molecule has 0 nitrogen and oxygen atoms in total. The number of hydrogen-bond donors (Lipinski definition) is 0. The van der Waals surface area contributed by atoms with Gasteiger partial charge in [-0.2, -0.15) is 0 Å². The molecule has 24 heavy (non-hydrogen) atoms. The van der Waals surface area contributed by atoms with Gasteiger partial charge >= 0.3 is 0 Å². The van der Waals surface area contributed by atoms with E-state index in [0.717, 1.165) is 0 Å². The third-order valence-corrected chi connectivity index (χ3v) is 5.92. The minimum Gasteiger partial charge on any atom is -0.0697 e. The van der Waals surface area contributed by atoms with Crippen molar-refractivity contribution in [2.75, 3.05) is 0 Å². The van der Waals surface area contributed by atoms with Crippen molar-refractivity contribution >= 4 is 0 Å². The Hall–Kier alpha value is -2.08. The summed E-state index contributed by atoms with van der Waals surface area (Å²) >= 11 is 0. The molecule has 0 aromatic heterocycles. The first-order valence-corrected chi connectivity index (χ1v) is 8.90. The SMILES string of the molecule is CC1=CC2(C)C(=C1C(C)(C)C)C2(c1ccccc1)c1ccccc1. The van der Waals surface area contributed by atoms with Crippen LogP contribution < -0.4 is 0 Å². The van der Waals surface area contributed by atoms with Crippen molar-refractivity contribution in [2.24, 2.45) is 10.8 Å². The van der Waals surface area contributed by atoms with Gasteiger partial charge in [-0.1, -0.05) is 100 Å². The Kier molecular flexibility index (Phi) is 3.04. The normalized spacial score (nSPS) is 24.6. The molecule has 1 saturated carbocycles. The van der Waals surface area contributed by atoms with Crippen LogP contribution in [0.25, 0.3) is 0 Å². The average Bonchev–Trinajstić information content (AvgIpc) is 2.92. The molecule has 0 spiro atoms. The van der Waals surface area contributed by atoms with E-state index < -0.39 is 0 Å². The minimum atomic E-state index is -0.00234. The molecule has 1 atom stereocenters. The van der Waals surface area contributed by atoms with Crippen LogP contribution in [0.2, 0.25) is 0 Å². The van der Waals surface area contributed by atoms with Crippen LogP contribution in [0.4, 0.5) is 0 Å². The summed E-state index contributed by atoms with van der Waals surface area (Å²) < 4.78 is 0.